The van der Waals surface area contributed by atoms with Crippen LogP contribution in [-0.4, -0.2) is 18.5 Å². The topological polar surface area (TPSA) is 3.24 Å². The molecule has 1 aliphatic carbocycles. The first-order valence-electron chi connectivity index (χ1n) is 8.18. The van der Waals surface area contributed by atoms with E-state index >= 15 is 0 Å². The molecule has 2 aliphatic rings. The van der Waals surface area contributed by atoms with Crippen molar-refractivity contribution in [2.75, 3.05) is 13.6 Å². The van der Waals surface area contributed by atoms with Crippen LogP contribution in [0, 0.1) is 12.8 Å². The first-order chi connectivity index (χ1) is 11.1. The van der Waals surface area contributed by atoms with Crippen molar-refractivity contribution in [1.29, 1.82) is 0 Å². The maximum Gasteiger partial charge on any atom is 0.0934 e. The van der Waals surface area contributed by atoms with Crippen LogP contribution in [0.15, 0.2) is 49.1 Å². The number of thiophene rings is 1. The lowest BCUT2D eigenvalue weighted by Gasteiger charge is -2.21. The van der Waals surface area contributed by atoms with E-state index in [4.69, 9.17) is 11.6 Å². The summed E-state index contributed by atoms with van der Waals surface area (Å²) in [6.07, 6.45) is 5.97. The number of halogens is 1. The molecule has 1 aromatic carbocycles. The summed E-state index contributed by atoms with van der Waals surface area (Å²) in [4.78, 5) is 3.78. The van der Waals surface area contributed by atoms with Crippen molar-refractivity contribution in [3.05, 3.63) is 69.4 Å². The van der Waals surface area contributed by atoms with Gasteiger partial charge in [0.05, 0.1) is 4.34 Å². The molecule has 0 radical (unpaired) electrons. The molecule has 2 heterocycles. The van der Waals surface area contributed by atoms with Crippen LogP contribution in [0.25, 0.3) is 0 Å². The van der Waals surface area contributed by atoms with Gasteiger partial charge in [-0.1, -0.05) is 53.6 Å². The van der Waals surface area contributed by atoms with E-state index < -0.39 is 0 Å². The van der Waals surface area contributed by atoms with Crippen molar-refractivity contribution in [3.8, 4) is 0 Å². The van der Waals surface area contributed by atoms with Crippen molar-refractivity contribution in [2.45, 2.75) is 32.7 Å². The summed E-state index contributed by atoms with van der Waals surface area (Å²) in [6.45, 7) is 7.95. The van der Waals surface area contributed by atoms with E-state index in [1.165, 1.54) is 35.4 Å². The number of aryl methyl sites for hydroxylation is 1. The minimum absolute atomic E-state index is 0.898. The quantitative estimate of drug-likeness (QED) is 0.574. The highest BCUT2D eigenvalue weighted by molar-refractivity contribution is 7.16. The molecule has 0 bridgehead atoms. The Kier molecular flexibility index (Phi) is 7.35. The van der Waals surface area contributed by atoms with Crippen molar-refractivity contribution in [2.24, 2.45) is 5.92 Å². The number of hydrogen-bond donors (Lipinski definition) is 0. The van der Waals surface area contributed by atoms with Crippen LogP contribution >= 0.6 is 22.9 Å². The summed E-state index contributed by atoms with van der Waals surface area (Å²) in [6, 6.07) is 12.4. The van der Waals surface area contributed by atoms with Gasteiger partial charge in [0.2, 0.25) is 0 Å². The SMILES string of the molecule is C=CC1CC1.CN1CCc2cc(Cl)sc2C1.Cc1ccccc1. The molecule has 0 saturated heterocycles. The van der Waals surface area contributed by atoms with Crippen LogP contribution in [0.4, 0.5) is 0 Å². The molecule has 2 aromatic rings. The molecule has 3 heteroatoms. The molecule has 0 unspecified atom stereocenters. The van der Waals surface area contributed by atoms with Crippen LogP contribution < -0.4 is 0 Å². The highest BCUT2D eigenvalue weighted by Gasteiger charge is 2.15. The first kappa shape index (κ1) is 18.3. The Bertz CT molecular complexity index is 601. The number of benzene rings is 1. The maximum atomic E-state index is 5.90. The summed E-state index contributed by atoms with van der Waals surface area (Å²) < 4.78 is 0.935. The highest BCUT2D eigenvalue weighted by Crippen LogP contribution is 2.30. The third kappa shape index (κ3) is 6.90. The molecule has 1 nitrogen and oxygen atoms in total. The molecule has 0 N–H and O–H groups in total. The third-order valence-corrected chi connectivity index (χ3v) is 5.23. The zero-order valence-corrected chi connectivity index (χ0v) is 15.7. The Balaban J connectivity index is 0.000000137. The lowest BCUT2D eigenvalue weighted by atomic mass is 10.1. The molecule has 4 rings (SSSR count). The number of allylic oxidation sites excluding steroid dienone is 1. The van der Waals surface area contributed by atoms with Gasteiger partial charge in [-0.25, -0.2) is 0 Å². The molecule has 1 fully saturated rings. The highest BCUT2D eigenvalue weighted by atomic mass is 35.5. The van der Waals surface area contributed by atoms with Gasteiger partial charge in [-0.3, -0.25) is 0 Å². The van der Waals surface area contributed by atoms with Crippen molar-refractivity contribution in [1.82, 2.24) is 4.90 Å². The normalized spacial score (nSPS) is 16.3. The molecule has 23 heavy (non-hydrogen) atoms. The van der Waals surface area contributed by atoms with Crippen LogP contribution in [0.5, 0.6) is 0 Å². The fourth-order valence-corrected chi connectivity index (χ4v) is 3.70. The Hall–Kier alpha value is -1.09. The van der Waals surface area contributed by atoms with Crippen LogP contribution in [-0.2, 0) is 13.0 Å². The summed E-state index contributed by atoms with van der Waals surface area (Å²) in [5.41, 5.74) is 2.78. The van der Waals surface area contributed by atoms with Crippen molar-refractivity contribution >= 4 is 22.9 Å². The van der Waals surface area contributed by atoms with Gasteiger partial charge in [-0.15, -0.1) is 17.9 Å². The second-order valence-electron chi connectivity index (χ2n) is 6.21. The van der Waals surface area contributed by atoms with Gasteiger partial charge in [0.1, 0.15) is 0 Å². The molecule has 124 valence electrons. The molecular weight excluding hydrogens is 322 g/mol. The third-order valence-electron chi connectivity index (χ3n) is 3.94. The van der Waals surface area contributed by atoms with E-state index in [1.807, 2.05) is 24.3 Å². The Morgan fingerprint density at radius 3 is 2.43 bits per heavy atom. The maximum absolute atomic E-state index is 5.90. The lowest BCUT2D eigenvalue weighted by Crippen LogP contribution is -2.24. The molecule has 1 saturated carbocycles. The summed E-state index contributed by atoms with van der Waals surface area (Å²) in [5.74, 6) is 0.898. The fraction of sp³-hybridized carbons (Fsp3) is 0.400. The van der Waals surface area contributed by atoms with Gasteiger partial charge in [-0.05, 0) is 50.8 Å². The van der Waals surface area contributed by atoms with E-state index in [0.717, 1.165) is 23.2 Å². The fourth-order valence-electron chi connectivity index (χ4n) is 2.28. The van der Waals surface area contributed by atoms with Gasteiger partial charge in [0, 0.05) is 18.0 Å². The van der Waals surface area contributed by atoms with Gasteiger partial charge >= 0.3 is 0 Å². The van der Waals surface area contributed by atoms with Gasteiger partial charge < -0.3 is 4.90 Å². The molecule has 1 aliphatic heterocycles. The largest absolute Gasteiger partial charge is 0.301 e. The summed E-state index contributed by atoms with van der Waals surface area (Å²) in [7, 11) is 2.15. The predicted molar refractivity (Wildman–Crippen MR) is 103 cm³/mol. The monoisotopic (exact) mass is 347 g/mol. The first-order valence-corrected chi connectivity index (χ1v) is 9.37. The van der Waals surface area contributed by atoms with Gasteiger partial charge in [0.25, 0.3) is 0 Å². The standard InChI is InChI=1S/C8H10ClNS.C7H8.C5H8/c1-10-3-2-6-4-8(9)11-7(6)5-10;1-7-5-3-2-4-6-7;1-2-5-3-4-5/h4H,2-3,5H2,1H3;2-6H,1H3;2,5H,1,3-4H2. The molecule has 1 aromatic heterocycles. The minimum atomic E-state index is 0.898. The Labute approximate surface area is 149 Å². The average molecular weight is 348 g/mol. The van der Waals surface area contributed by atoms with Crippen LogP contribution in [0.1, 0.15) is 28.8 Å². The average Bonchev–Trinajstić information content (AvgIpc) is 3.30. The van der Waals surface area contributed by atoms with E-state index in [-0.39, 0.29) is 0 Å². The zero-order chi connectivity index (χ0) is 16.7. The summed E-state index contributed by atoms with van der Waals surface area (Å²) >= 11 is 7.62. The van der Waals surface area contributed by atoms with Gasteiger partial charge in [0.15, 0.2) is 0 Å². The van der Waals surface area contributed by atoms with E-state index in [9.17, 15) is 0 Å². The molecule has 0 spiro atoms. The number of hydrogen-bond acceptors (Lipinski definition) is 2. The smallest absolute Gasteiger partial charge is 0.0934 e. The minimum Gasteiger partial charge on any atom is -0.301 e. The second kappa shape index (κ2) is 9.27. The Morgan fingerprint density at radius 2 is 1.96 bits per heavy atom. The number of likely N-dealkylation sites (N-methyl/N-ethyl adjacent to an activating group) is 1. The van der Waals surface area contributed by atoms with Crippen LogP contribution in [0.2, 0.25) is 4.34 Å². The summed E-state index contributed by atoms with van der Waals surface area (Å²) in [5, 5.41) is 0. The number of nitrogens with zero attached hydrogens (tertiary/aromatic N) is 1. The van der Waals surface area contributed by atoms with E-state index in [2.05, 4.69) is 43.6 Å². The molecule has 0 atom stereocenters. The zero-order valence-electron chi connectivity index (χ0n) is 14.1. The molecular formula is C20H26ClNS. The lowest BCUT2D eigenvalue weighted by molar-refractivity contribution is 0.317. The van der Waals surface area contributed by atoms with Crippen molar-refractivity contribution in [3.63, 3.8) is 0 Å². The second-order valence-corrected chi connectivity index (χ2v) is 7.98. The predicted octanol–water partition coefficient (Wildman–Crippen LogP) is 5.97. The number of fused-ring (bicyclic) bond motifs is 1. The molecule has 0 amide bonds. The van der Waals surface area contributed by atoms with Gasteiger partial charge in [-0.2, -0.15) is 0 Å². The van der Waals surface area contributed by atoms with E-state index in [1.54, 1.807) is 11.3 Å². The number of rotatable bonds is 1. The van der Waals surface area contributed by atoms with Crippen molar-refractivity contribution < 1.29 is 0 Å². The Morgan fingerprint density at radius 1 is 1.26 bits per heavy atom. The van der Waals surface area contributed by atoms with E-state index in [0.29, 0.717) is 0 Å². The van der Waals surface area contributed by atoms with Crippen LogP contribution in [0.3, 0.4) is 0 Å².